The van der Waals surface area contributed by atoms with Crippen molar-refractivity contribution in [3.05, 3.63) is 58.9 Å². The van der Waals surface area contributed by atoms with Crippen LogP contribution in [0.1, 0.15) is 27.3 Å². The molecule has 0 saturated heterocycles. The van der Waals surface area contributed by atoms with E-state index in [1.54, 1.807) is 31.5 Å². The van der Waals surface area contributed by atoms with Crippen LogP contribution in [-0.2, 0) is 6.54 Å². The van der Waals surface area contributed by atoms with Crippen molar-refractivity contribution in [2.45, 2.75) is 20.4 Å². The molecule has 0 aliphatic rings. The minimum Gasteiger partial charge on any atom is -0.346 e. The van der Waals surface area contributed by atoms with Crippen molar-refractivity contribution in [1.82, 2.24) is 15.3 Å². The maximum absolute atomic E-state index is 13.7. The van der Waals surface area contributed by atoms with Gasteiger partial charge in [-0.1, -0.05) is 12.1 Å². The van der Waals surface area contributed by atoms with Gasteiger partial charge in [-0.25, -0.2) is 4.39 Å². The molecule has 0 saturated carbocycles. The molecule has 2 rings (SSSR count). The summed E-state index contributed by atoms with van der Waals surface area (Å²) in [7, 11) is 0. The zero-order valence-corrected chi connectivity index (χ0v) is 10.8. The molecule has 19 heavy (non-hydrogen) atoms. The van der Waals surface area contributed by atoms with Gasteiger partial charge in [-0.2, -0.15) is 0 Å². The number of rotatable bonds is 3. The molecule has 98 valence electrons. The first-order valence-electron chi connectivity index (χ1n) is 5.89. The maximum Gasteiger partial charge on any atom is 0.254 e. The van der Waals surface area contributed by atoms with Crippen LogP contribution in [0.15, 0.2) is 30.6 Å². The average molecular weight is 259 g/mol. The molecule has 0 spiro atoms. The second kappa shape index (κ2) is 5.56. The summed E-state index contributed by atoms with van der Waals surface area (Å²) in [6.07, 6.45) is 3.21. The standard InChI is InChI=1S/C14H14FN3O/c1-9-4-3-5-12(13(9)15)14(19)18-8-11-7-16-10(2)6-17-11/h3-7H,8H2,1-2H3,(H,18,19). The number of carbonyl (C=O) groups is 1. The van der Waals surface area contributed by atoms with Gasteiger partial charge in [-0.05, 0) is 25.5 Å². The molecular weight excluding hydrogens is 245 g/mol. The zero-order valence-electron chi connectivity index (χ0n) is 10.8. The van der Waals surface area contributed by atoms with Gasteiger partial charge in [0.15, 0.2) is 0 Å². The Morgan fingerprint density at radius 3 is 2.74 bits per heavy atom. The number of hydrogen-bond donors (Lipinski definition) is 1. The quantitative estimate of drug-likeness (QED) is 0.919. The minimum atomic E-state index is -0.491. The highest BCUT2D eigenvalue weighted by molar-refractivity contribution is 5.94. The van der Waals surface area contributed by atoms with Gasteiger partial charge in [-0.3, -0.25) is 14.8 Å². The van der Waals surface area contributed by atoms with Crippen LogP contribution in [0.3, 0.4) is 0 Å². The van der Waals surface area contributed by atoms with Gasteiger partial charge >= 0.3 is 0 Å². The van der Waals surface area contributed by atoms with Crippen LogP contribution in [0, 0.1) is 19.7 Å². The Hall–Kier alpha value is -2.30. The lowest BCUT2D eigenvalue weighted by Crippen LogP contribution is -2.24. The van der Waals surface area contributed by atoms with Gasteiger partial charge in [0.25, 0.3) is 5.91 Å². The van der Waals surface area contributed by atoms with Crippen molar-refractivity contribution in [2.75, 3.05) is 0 Å². The third-order valence-corrected chi connectivity index (χ3v) is 2.70. The van der Waals surface area contributed by atoms with Crippen molar-refractivity contribution in [3.63, 3.8) is 0 Å². The molecule has 2 aromatic rings. The lowest BCUT2D eigenvalue weighted by atomic mass is 10.1. The Morgan fingerprint density at radius 1 is 1.26 bits per heavy atom. The van der Waals surface area contributed by atoms with Gasteiger partial charge in [0.2, 0.25) is 0 Å². The highest BCUT2D eigenvalue weighted by atomic mass is 19.1. The summed E-state index contributed by atoms with van der Waals surface area (Å²) >= 11 is 0. The van der Waals surface area contributed by atoms with Crippen LogP contribution in [-0.4, -0.2) is 15.9 Å². The molecule has 0 aliphatic heterocycles. The Kier molecular flexibility index (Phi) is 3.85. The Bertz CT molecular complexity index is 596. The summed E-state index contributed by atoms with van der Waals surface area (Å²) in [5.74, 6) is -0.946. The van der Waals surface area contributed by atoms with Gasteiger partial charge in [0.1, 0.15) is 5.82 Å². The molecular formula is C14H14FN3O. The molecule has 1 aromatic heterocycles. The molecule has 0 fully saturated rings. The van der Waals surface area contributed by atoms with Crippen molar-refractivity contribution in [3.8, 4) is 0 Å². The summed E-state index contributed by atoms with van der Waals surface area (Å²) in [6.45, 7) is 3.68. The molecule has 4 nitrogen and oxygen atoms in total. The van der Waals surface area contributed by atoms with Crippen molar-refractivity contribution < 1.29 is 9.18 Å². The van der Waals surface area contributed by atoms with E-state index < -0.39 is 11.7 Å². The molecule has 1 heterocycles. The number of hydrogen-bond acceptors (Lipinski definition) is 3. The van der Waals surface area contributed by atoms with E-state index in [4.69, 9.17) is 0 Å². The SMILES string of the molecule is Cc1cnc(CNC(=O)c2cccc(C)c2F)cn1. The number of benzene rings is 1. The molecule has 1 aromatic carbocycles. The molecule has 5 heteroatoms. The van der Waals surface area contributed by atoms with E-state index in [0.717, 1.165) is 5.69 Å². The lowest BCUT2D eigenvalue weighted by Gasteiger charge is -2.07. The van der Waals surface area contributed by atoms with Gasteiger partial charge < -0.3 is 5.32 Å². The number of nitrogens with one attached hydrogen (secondary N) is 1. The topological polar surface area (TPSA) is 54.9 Å². The summed E-state index contributed by atoms with van der Waals surface area (Å²) in [6, 6.07) is 4.73. The zero-order chi connectivity index (χ0) is 13.8. The number of carbonyl (C=O) groups excluding carboxylic acids is 1. The summed E-state index contributed by atoms with van der Waals surface area (Å²) < 4.78 is 13.7. The predicted molar refractivity (Wildman–Crippen MR) is 69.1 cm³/mol. The fraction of sp³-hybridized carbons (Fsp3) is 0.214. The first-order chi connectivity index (χ1) is 9.08. The number of amides is 1. The van der Waals surface area contributed by atoms with Crippen LogP contribution >= 0.6 is 0 Å². The van der Waals surface area contributed by atoms with Crippen molar-refractivity contribution in [2.24, 2.45) is 0 Å². The summed E-state index contributed by atoms with van der Waals surface area (Å²) in [5, 5.41) is 2.62. The predicted octanol–water partition coefficient (Wildman–Crippen LogP) is 2.16. The van der Waals surface area contributed by atoms with Crippen LogP contribution in [0.4, 0.5) is 4.39 Å². The lowest BCUT2D eigenvalue weighted by molar-refractivity contribution is 0.0946. The number of nitrogens with zero attached hydrogens (tertiary/aromatic N) is 2. The monoisotopic (exact) mass is 259 g/mol. The second-order valence-corrected chi connectivity index (χ2v) is 4.27. The number of aryl methyl sites for hydroxylation is 2. The normalized spacial score (nSPS) is 10.3. The van der Waals surface area contributed by atoms with E-state index in [1.165, 1.54) is 6.07 Å². The van der Waals surface area contributed by atoms with Gasteiger partial charge in [-0.15, -0.1) is 0 Å². The van der Waals surface area contributed by atoms with Crippen LogP contribution in [0.5, 0.6) is 0 Å². The Morgan fingerprint density at radius 2 is 2.05 bits per heavy atom. The molecule has 0 atom stereocenters. The number of halogens is 1. The molecule has 1 N–H and O–H groups in total. The van der Waals surface area contributed by atoms with Crippen LogP contribution in [0.2, 0.25) is 0 Å². The number of aromatic nitrogens is 2. The Labute approximate surface area is 110 Å². The molecule has 0 bridgehead atoms. The van der Waals surface area contributed by atoms with E-state index in [0.29, 0.717) is 11.3 Å². The van der Waals surface area contributed by atoms with Crippen molar-refractivity contribution >= 4 is 5.91 Å². The molecule has 1 amide bonds. The average Bonchev–Trinajstić information content (AvgIpc) is 2.41. The smallest absolute Gasteiger partial charge is 0.254 e. The van der Waals surface area contributed by atoms with Gasteiger partial charge in [0, 0.05) is 6.20 Å². The van der Waals surface area contributed by atoms with Crippen molar-refractivity contribution in [1.29, 1.82) is 0 Å². The summed E-state index contributed by atoms with van der Waals surface area (Å²) in [5.41, 5.74) is 1.93. The fourth-order valence-electron chi connectivity index (χ4n) is 1.60. The summed E-state index contributed by atoms with van der Waals surface area (Å²) in [4.78, 5) is 20.0. The largest absolute Gasteiger partial charge is 0.346 e. The third kappa shape index (κ3) is 3.13. The third-order valence-electron chi connectivity index (χ3n) is 2.70. The first kappa shape index (κ1) is 13.1. The van der Waals surface area contributed by atoms with Crippen LogP contribution < -0.4 is 5.32 Å². The van der Waals surface area contributed by atoms with E-state index in [9.17, 15) is 9.18 Å². The van der Waals surface area contributed by atoms with Crippen LogP contribution in [0.25, 0.3) is 0 Å². The van der Waals surface area contributed by atoms with Gasteiger partial charge in [0.05, 0.1) is 29.7 Å². The van der Waals surface area contributed by atoms with E-state index in [2.05, 4.69) is 15.3 Å². The maximum atomic E-state index is 13.7. The van der Waals surface area contributed by atoms with E-state index >= 15 is 0 Å². The second-order valence-electron chi connectivity index (χ2n) is 4.27. The van der Waals surface area contributed by atoms with E-state index in [-0.39, 0.29) is 12.1 Å². The molecule has 0 radical (unpaired) electrons. The fourth-order valence-corrected chi connectivity index (χ4v) is 1.60. The first-order valence-corrected chi connectivity index (χ1v) is 5.89. The molecule has 0 unspecified atom stereocenters. The highest BCUT2D eigenvalue weighted by Gasteiger charge is 2.12. The minimum absolute atomic E-state index is 0.0417. The molecule has 0 aliphatic carbocycles. The van der Waals surface area contributed by atoms with E-state index in [1.807, 2.05) is 6.92 Å². The Balaban J connectivity index is 2.05. The highest BCUT2D eigenvalue weighted by Crippen LogP contribution is 2.11.